The van der Waals surface area contributed by atoms with Gasteiger partial charge < -0.3 is 4.52 Å². The van der Waals surface area contributed by atoms with Crippen molar-refractivity contribution in [2.75, 3.05) is 0 Å². The quantitative estimate of drug-likeness (QED) is 0.757. The molecular formula is C9H10N4O3. The summed E-state index contributed by atoms with van der Waals surface area (Å²) in [5, 5.41) is 3.59. The Hall–Kier alpha value is -2.18. The van der Waals surface area contributed by atoms with E-state index in [1.807, 2.05) is 6.92 Å². The third kappa shape index (κ3) is 1.92. The SMILES string of the molecule is CCc1cn(Cc2ncon2)c(=O)[nH]c1=O. The average Bonchev–Trinajstić information content (AvgIpc) is 2.75. The summed E-state index contributed by atoms with van der Waals surface area (Å²) < 4.78 is 5.90. The van der Waals surface area contributed by atoms with Crippen molar-refractivity contribution in [2.45, 2.75) is 19.9 Å². The maximum Gasteiger partial charge on any atom is 0.328 e. The van der Waals surface area contributed by atoms with Gasteiger partial charge in [-0.2, -0.15) is 4.98 Å². The second-order valence-electron chi connectivity index (χ2n) is 3.24. The van der Waals surface area contributed by atoms with E-state index in [2.05, 4.69) is 19.6 Å². The Balaban J connectivity index is 2.41. The molecular weight excluding hydrogens is 212 g/mol. The number of aromatic amines is 1. The van der Waals surface area contributed by atoms with Gasteiger partial charge in [0.15, 0.2) is 5.82 Å². The van der Waals surface area contributed by atoms with Crippen LogP contribution in [0.5, 0.6) is 0 Å². The molecule has 0 spiro atoms. The first-order chi connectivity index (χ1) is 7.70. The fourth-order valence-electron chi connectivity index (χ4n) is 1.34. The van der Waals surface area contributed by atoms with Crippen molar-refractivity contribution < 1.29 is 4.52 Å². The van der Waals surface area contributed by atoms with Gasteiger partial charge in [0.1, 0.15) is 0 Å². The number of aromatic nitrogens is 4. The lowest BCUT2D eigenvalue weighted by Gasteiger charge is -2.03. The fourth-order valence-corrected chi connectivity index (χ4v) is 1.34. The average molecular weight is 222 g/mol. The lowest BCUT2D eigenvalue weighted by molar-refractivity contribution is 0.407. The molecule has 0 fully saturated rings. The van der Waals surface area contributed by atoms with Crippen LogP contribution in [-0.2, 0) is 13.0 Å². The van der Waals surface area contributed by atoms with E-state index in [-0.39, 0.29) is 12.1 Å². The number of aryl methyl sites for hydroxylation is 1. The van der Waals surface area contributed by atoms with Crippen LogP contribution in [0.4, 0.5) is 0 Å². The molecule has 0 saturated heterocycles. The Morgan fingerprint density at radius 2 is 2.31 bits per heavy atom. The zero-order valence-electron chi connectivity index (χ0n) is 8.64. The Bertz CT molecular complexity index is 582. The predicted octanol–water partition coefficient (Wildman–Crippen LogP) is -0.470. The first kappa shape index (κ1) is 10.3. The maximum absolute atomic E-state index is 11.5. The van der Waals surface area contributed by atoms with Gasteiger partial charge in [0, 0.05) is 11.8 Å². The fraction of sp³-hybridized carbons (Fsp3) is 0.333. The lowest BCUT2D eigenvalue weighted by Crippen LogP contribution is -2.32. The van der Waals surface area contributed by atoms with Gasteiger partial charge >= 0.3 is 5.69 Å². The van der Waals surface area contributed by atoms with Crippen LogP contribution >= 0.6 is 0 Å². The van der Waals surface area contributed by atoms with Crippen LogP contribution in [0.15, 0.2) is 26.7 Å². The van der Waals surface area contributed by atoms with Crippen LogP contribution in [0.3, 0.4) is 0 Å². The molecule has 2 aromatic heterocycles. The molecule has 1 N–H and O–H groups in total. The number of nitrogens with one attached hydrogen (secondary N) is 1. The van der Waals surface area contributed by atoms with Crippen LogP contribution < -0.4 is 11.2 Å². The molecule has 84 valence electrons. The minimum absolute atomic E-state index is 0.180. The molecule has 0 radical (unpaired) electrons. The Morgan fingerprint density at radius 3 is 2.94 bits per heavy atom. The molecule has 0 unspecified atom stereocenters. The minimum atomic E-state index is -0.480. The Labute approximate surface area is 89.7 Å². The maximum atomic E-state index is 11.5. The largest absolute Gasteiger partial charge is 0.343 e. The van der Waals surface area contributed by atoms with Gasteiger partial charge in [0.05, 0.1) is 6.54 Å². The molecule has 2 aromatic rings. The topological polar surface area (TPSA) is 93.8 Å². The summed E-state index contributed by atoms with van der Waals surface area (Å²) in [6, 6.07) is 0. The van der Waals surface area contributed by atoms with Crippen molar-refractivity contribution in [3.05, 3.63) is 44.8 Å². The molecule has 0 aliphatic carbocycles. The van der Waals surface area contributed by atoms with Crippen molar-refractivity contribution in [2.24, 2.45) is 0 Å². The van der Waals surface area contributed by atoms with Crippen molar-refractivity contribution >= 4 is 0 Å². The van der Waals surface area contributed by atoms with E-state index in [0.29, 0.717) is 17.8 Å². The van der Waals surface area contributed by atoms with E-state index in [1.165, 1.54) is 17.2 Å². The van der Waals surface area contributed by atoms with Gasteiger partial charge in [-0.1, -0.05) is 12.1 Å². The molecule has 0 atom stereocenters. The summed E-state index contributed by atoms with van der Waals surface area (Å²) in [7, 11) is 0. The third-order valence-electron chi connectivity index (χ3n) is 2.18. The number of rotatable bonds is 3. The molecule has 16 heavy (non-hydrogen) atoms. The first-order valence-corrected chi connectivity index (χ1v) is 4.78. The van der Waals surface area contributed by atoms with Gasteiger partial charge in [-0.05, 0) is 6.42 Å². The summed E-state index contributed by atoms with van der Waals surface area (Å²) in [6.07, 6.45) is 3.26. The number of nitrogens with zero attached hydrogens (tertiary/aromatic N) is 3. The normalized spacial score (nSPS) is 10.6. The monoisotopic (exact) mass is 222 g/mol. The Kier molecular flexibility index (Phi) is 2.67. The highest BCUT2D eigenvalue weighted by Crippen LogP contribution is 1.94. The van der Waals surface area contributed by atoms with E-state index in [1.54, 1.807) is 0 Å². The zero-order chi connectivity index (χ0) is 11.5. The molecule has 7 heteroatoms. The zero-order valence-corrected chi connectivity index (χ0v) is 8.64. The summed E-state index contributed by atoms with van der Waals surface area (Å²) in [4.78, 5) is 28.8. The molecule has 0 aromatic carbocycles. The van der Waals surface area contributed by atoms with E-state index in [0.717, 1.165) is 0 Å². The first-order valence-electron chi connectivity index (χ1n) is 4.78. The molecule has 7 nitrogen and oxygen atoms in total. The van der Waals surface area contributed by atoms with Crippen LogP contribution in [0, 0.1) is 0 Å². The number of hydrogen-bond acceptors (Lipinski definition) is 5. The second kappa shape index (κ2) is 4.13. The highest BCUT2D eigenvalue weighted by molar-refractivity contribution is 5.04. The molecule has 0 bridgehead atoms. The second-order valence-corrected chi connectivity index (χ2v) is 3.24. The minimum Gasteiger partial charge on any atom is -0.343 e. The highest BCUT2D eigenvalue weighted by Gasteiger charge is 2.05. The lowest BCUT2D eigenvalue weighted by atomic mass is 10.3. The summed E-state index contributed by atoms with van der Waals surface area (Å²) in [5.74, 6) is 0.385. The van der Waals surface area contributed by atoms with Gasteiger partial charge in [0.2, 0.25) is 6.39 Å². The van der Waals surface area contributed by atoms with E-state index in [4.69, 9.17) is 0 Å². The van der Waals surface area contributed by atoms with Gasteiger partial charge in [-0.3, -0.25) is 14.3 Å². The van der Waals surface area contributed by atoms with Crippen molar-refractivity contribution in [3.8, 4) is 0 Å². The number of hydrogen-bond donors (Lipinski definition) is 1. The van der Waals surface area contributed by atoms with Crippen LogP contribution in [0.2, 0.25) is 0 Å². The molecule has 2 rings (SSSR count). The van der Waals surface area contributed by atoms with Crippen LogP contribution in [0.1, 0.15) is 18.3 Å². The van der Waals surface area contributed by atoms with E-state index < -0.39 is 5.69 Å². The molecule has 0 aliphatic heterocycles. The highest BCUT2D eigenvalue weighted by atomic mass is 16.5. The van der Waals surface area contributed by atoms with Crippen LogP contribution in [0.25, 0.3) is 0 Å². The third-order valence-corrected chi connectivity index (χ3v) is 2.18. The standard InChI is InChI=1S/C9H10N4O3/c1-2-6-3-13(9(15)11-8(6)14)4-7-10-5-16-12-7/h3,5H,2,4H2,1H3,(H,11,14,15). The van der Waals surface area contributed by atoms with Crippen LogP contribution in [-0.4, -0.2) is 19.7 Å². The summed E-state index contributed by atoms with van der Waals surface area (Å²) in [5.41, 5.74) is -0.285. The van der Waals surface area contributed by atoms with E-state index in [9.17, 15) is 9.59 Å². The van der Waals surface area contributed by atoms with Crippen molar-refractivity contribution in [1.29, 1.82) is 0 Å². The Morgan fingerprint density at radius 1 is 1.50 bits per heavy atom. The molecule has 0 saturated carbocycles. The van der Waals surface area contributed by atoms with Gasteiger partial charge in [-0.15, -0.1) is 0 Å². The molecule has 0 aliphatic rings. The van der Waals surface area contributed by atoms with E-state index >= 15 is 0 Å². The molecule has 0 amide bonds. The smallest absolute Gasteiger partial charge is 0.328 e. The number of H-pyrrole nitrogens is 1. The van der Waals surface area contributed by atoms with Gasteiger partial charge in [-0.25, -0.2) is 4.79 Å². The summed E-state index contributed by atoms with van der Waals surface area (Å²) in [6.45, 7) is 2.02. The van der Waals surface area contributed by atoms with Crippen molar-refractivity contribution in [3.63, 3.8) is 0 Å². The van der Waals surface area contributed by atoms with Crippen molar-refractivity contribution in [1.82, 2.24) is 19.7 Å². The molecule has 2 heterocycles. The predicted molar refractivity (Wildman–Crippen MR) is 54.1 cm³/mol. The summed E-state index contributed by atoms with van der Waals surface area (Å²) >= 11 is 0. The van der Waals surface area contributed by atoms with Gasteiger partial charge in [0.25, 0.3) is 5.56 Å².